The van der Waals surface area contributed by atoms with Gasteiger partial charge in [0.15, 0.2) is 0 Å². The summed E-state index contributed by atoms with van der Waals surface area (Å²) in [6, 6.07) is -0.629. The van der Waals surface area contributed by atoms with Crippen molar-refractivity contribution in [2.24, 2.45) is 0 Å². The molecule has 0 aromatic carbocycles. The van der Waals surface area contributed by atoms with Crippen molar-refractivity contribution in [1.82, 2.24) is 5.32 Å². The first-order chi connectivity index (χ1) is 25.7. The van der Waals surface area contributed by atoms with Crippen LogP contribution in [0.3, 0.4) is 0 Å². The van der Waals surface area contributed by atoms with Gasteiger partial charge in [-0.1, -0.05) is 224 Å². The molecule has 4 nitrogen and oxygen atoms in total. The monoisotopic (exact) mass is 730 g/mol. The Hall–Kier alpha value is -1.39. The van der Waals surface area contributed by atoms with Gasteiger partial charge in [-0.05, 0) is 51.4 Å². The highest BCUT2D eigenvalue weighted by atomic mass is 16.3. The van der Waals surface area contributed by atoms with E-state index in [2.05, 4.69) is 43.5 Å². The molecular weight excluding hydrogens is 639 g/mol. The second-order valence-electron chi connectivity index (χ2n) is 15.8. The molecule has 0 aliphatic carbocycles. The van der Waals surface area contributed by atoms with Gasteiger partial charge in [-0.15, -0.1) is 0 Å². The summed E-state index contributed by atoms with van der Waals surface area (Å²) in [5.74, 6) is -0.0764. The Labute approximate surface area is 325 Å². The maximum absolute atomic E-state index is 12.4. The minimum atomic E-state index is -0.844. The van der Waals surface area contributed by atoms with Crippen molar-refractivity contribution < 1.29 is 15.0 Å². The number of unbranched alkanes of at least 4 members (excludes halogenated alkanes) is 31. The number of hydrogen-bond acceptors (Lipinski definition) is 3. The van der Waals surface area contributed by atoms with Crippen LogP contribution >= 0.6 is 0 Å². The summed E-state index contributed by atoms with van der Waals surface area (Å²) in [5, 5.41) is 23.0. The molecule has 4 heteroatoms. The van der Waals surface area contributed by atoms with E-state index in [4.69, 9.17) is 0 Å². The number of aliphatic hydroxyl groups excluding tert-OH is 2. The van der Waals surface area contributed by atoms with Gasteiger partial charge in [0.2, 0.25) is 5.91 Å². The number of carbonyl (C=O) groups is 1. The Morgan fingerprint density at radius 2 is 0.788 bits per heavy atom. The van der Waals surface area contributed by atoms with Gasteiger partial charge in [-0.3, -0.25) is 4.79 Å². The molecule has 0 saturated carbocycles. The zero-order valence-electron chi connectivity index (χ0n) is 35.1. The molecule has 306 valence electrons. The summed E-state index contributed by atoms with van der Waals surface area (Å²) in [6.07, 6.45) is 58.3. The third-order valence-corrected chi connectivity index (χ3v) is 10.6. The van der Waals surface area contributed by atoms with Crippen LogP contribution < -0.4 is 5.32 Å². The molecule has 2 atom stereocenters. The molecule has 0 radical (unpaired) electrons. The van der Waals surface area contributed by atoms with Crippen molar-refractivity contribution in [3.8, 4) is 0 Å². The van der Waals surface area contributed by atoms with E-state index in [0.717, 1.165) is 44.9 Å². The molecule has 0 aromatic rings. The van der Waals surface area contributed by atoms with Crippen molar-refractivity contribution in [3.63, 3.8) is 0 Å². The zero-order valence-corrected chi connectivity index (χ0v) is 35.1. The second kappa shape index (κ2) is 44.0. The molecule has 0 bridgehead atoms. The van der Waals surface area contributed by atoms with Gasteiger partial charge < -0.3 is 15.5 Å². The average Bonchev–Trinajstić information content (AvgIpc) is 3.15. The van der Waals surface area contributed by atoms with E-state index in [1.54, 1.807) is 6.08 Å². The van der Waals surface area contributed by atoms with E-state index in [-0.39, 0.29) is 12.5 Å². The van der Waals surface area contributed by atoms with Gasteiger partial charge in [0.25, 0.3) is 0 Å². The van der Waals surface area contributed by atoms with Gasteiger partial charge in [0.05, 0.1) is 18.8 Å². The van der Waals surface area contributed by atoms with Crippen LogP contribution in [0.25, 0.3) is 0 Å². The third-order valence-electron chi connectivity index (χ3n) is 10.6. The van der Waals surface area contributed by atoms with E-state index in [1.807, 2.05) is 6.08 Å². The predicted octanol–water partition coefficient (Wildman–Crippen LogP) is 14.6. The number of amides is 1. The molecular formula is C48H91NO3. The third kappa shape index (κ3) is 39.8. The molecule has 0 rings (SSSR count). The van der Waals surface area contributed by atoms with E-state index in [9.17, 15) is 15.0 Å². The highest BCUT2D eigenvalue weighted by Crippen LogP contribution is 2.16. The fraction of sp³-hybridized carbons (Fsp3) is 0.854. The first-order valence-electron chi connectivity index (χ1n) is 23.2. The average molecular weight is 730 g/mol. The molecule has 0 aliphatic rings. The Morgan fingerprint density at radius 3 is 1.17 bits per heavy atom. The molecule has 2 unspecified atom stereocenters. The molecule has 3 N–H and O–H groups in total. The lowest BCUT2D eigenvalue weighted by Crippen LogP contribution is -2.45. The summed E-state index contributed by atoms with van der Waals surface area (Å²) >= 11 is 0. The van der Waals surface area contributed by atoms with Gasteiger partial charge in [0.1, 0.15) is 0 Å². The van der Waals surface area contributed by atoms with Crippen molar-refractivity contribution in [1.29, 1.82) is 0 Å². The van der Waals surface area contributed by atoms with E-state index in [0.29, 0.717) is 6.42 Å². The minimum absolute atomic E-state index is 0.0764. The Morgan fingerprint density at radius 1 is 0.462 bits per heavy atom. The van der Waals surface area contributed by atoms with Crippen LogP contribution in [0, 0.1) is 0 Å². The number of rotatable bonds is 42. The lowest BCUT2D eigenvalue weighted by atomic mass is 10.0. The molecule has 52 heavy (non-hydrogen) atoms. The normalized spacial score (nSPS) is 13.2. The molecule has 0 spiro atoms. The maximum atomic E-state index is 12.4. The first-order valence-corrected chi connectivity index (χ1v) is 23.2. The van der Waals surface area contributed by atoms with Crippen LogP contribution in [0.2, 0.25) is 0 Å². The summed E-state index contributed by atoms with van der Waals surface area (Å²) in [7, 11) is 0. The smallest absolute Gasteiger partial charge is 0.220 e. The highest BCUT2D eigenvalue weighted by molar-refractivity contribution is 5.76. The van der Waals surface area contributed by atoms with Crippen molar-refractivity contribution in [3.05, 3.63) is 36.5 Å². The van der Waals surface area contributed by atoms with Gasteiger partial charge in [-0.2, -0.15) is 0 Å². The summed E-state index contributed by atoms with van der Waals surface area (Å²) in [6.45, 7) is 4.30. The van der Waals surface area contributed by atoms with Gasteiger partial charge >= 0.3 is 0 Å². The molecule has 0 aromatic heterocycles. The summed E-state index contributed by atoms with van der Waals surface area (Å²) in [5.41, 5.74) is 0. The first kappa shape index (κ1) is 50.6. The molecule has 0 fully saturated rings. The summed E-state index contributed by atoms with van der Waals surface area (Å²) < 4.78 is 0. The summed E-state index contributed by atoms with van der Waals surface area (Å²) in [4.78, 5) is 12.4. The highest BCUT2D eigenvalue weighted by Gasteiger charge is 2.17. The Balaban J connectivity index is 3.55. The van der Waals surface area contributed by atoms with Crippen LogP contribution in [0.1, 0.15) is 245 Å². The fourth-order valence-corrected chi connectivity index (χ4v) is 7.03. The second-order valence-corrected chi connectivity index (χ2v) is 15.8. The maximum Gasteiger partial charge on any atom is 0.220 e. The van der Waals surface area contributed by atoms with Crippen LogP contribution in [0.15, 0.2) is 36.5 Å². The molecule has 0 aliphatic heterocycles. The van der Waals surface area contributed by atoms with Crippen molar-refractivity contribution in [2.45, 2.75) is 257 Å². The lowest BCUT2D eigenvalue weighted by Gasteiger charge is -2.20. The topological polar surface area (TPSA) is 69.6 Å². The van der Waals surface area contributed by atoms with Crippen LogP contribution in [-0.2, 0) is 4.79 Å². The minimum Gasteiger partial charge on any atom is -0.394 e. The Kier molecular flexibility index (Phi) is 42.8. The van der Waals surface area contributed by atoms with E-state index in [1.165, 1.54) is 180 Å². The quantitative estimate of drug-likeness (QED) is 0.0433. The molecule has 0 heterocycles. The SMILES string of the molecule is CCCCCC/C=C\C/C=C\CCCCCCCC(=O)NC(CO)C(O)/C=C/CCCCCCCCCCCCCCCCCCCCCCCC. The van der Waals surface area contributed by atoms with E-state index >= 15 is 0 Å². The van der Waals surface area contributed by atoms with Crippen LogP contribution in [0.4, 0.5) is 0 Å². The number of aliphatic hydroxyl groups is 2. The fourth-order valence-electron chi connectivity index (χ4n) is 7.03. The number of allylic oxidation sites excluding steroid dienone is 5. The number of nitrogens with one attached hydrogen (secondary N) is 1. The Bertz CT molecular complexity index is 790. The van der Waals surface area contributed by atoms with Crippen molar-refractivity contribution >= 4 is 5.91 Å². The zero-order chi connectivity index (χ0) is 37.8. The predicted molar refractivity (Wildman–Crippen MR) is 230 cm³/mol. The number of carbonyl (C=O) groups excluding carboxylic acids is 1. The van der Waals surface area contributed by atoms with Crippen LogP contribution in [-0.4, -0.2) is 34.9 Å². The largest absolute Gasteiger partial charge is 0.394 e. The van der Waals surface area contributed by atoms with Gasteiger partial charge in [0, 0.05) is 6.42 Å². The lowest BCUT2D eigenvalue weighted by molar-refractivity contribution is -0.123. The molecule has 1 amide bonds. The molecule has 0 saturated heterocycles. The van der Waals surface area contributed by atoms with E-state index < -0.39 is 12.1 Å². The number of hydrogen-bond donors (Lipinski definition) is 3. The van der Waals surface area contributed by atoms with Crippen molar-refractivity contribution in [2.75, 3.05) is 6.61 Å². The van der Waals surface area contributed by atoms with Crippen LogP contribution in [0.5, 0.6) is 0 Å². The van der Waals surface area contributed by atoms with Gasteiger partial charge in [-0.25, -0.2) is 0 Å². The standard InChI is InChI=1S/C48H91NO3/c1-3-5-7-9-11-13-15-17-19-21-22-23-24-25-26-27-28-29-31-33-35-37-39-41-43-47(51)46(45-50)49-48(52)44-42-40-38-36-34-32-30-20-18-16-14-12-10-8-6-4-2/h14,16,20,30,41,43,46-47,50-51H,3-13,15,17-19,21-29,31-40,42,44-45H2,1-2H3,(H,49,52)/b16-14-,30-20-,43-41+.